The molecule has 1 N–H and O–H groups in total. The number of hydrogen-bond donors (Lipinski definition) is 1. The summed E-state index contributed by atoms with van der Waals surface area (Å²) in [6.45, 7) is 1.07. The highest BCUT2D eigenvalue weighted by atomic mass is 32.2. The summed E-state index contributed by atoms with van der Waals surface area (Å²) in [5.41, 5.74) is 0. The molecule has 6 nitrogen and oxygen atoms in total. The smallest absolute Gasteiger partial charge is 0.243 e. The summed E-state index contributed by atoms with van der Waals surface area (Å²) in [7, 11) is 0.298. The maximum Gasteiger partial charge on any atom is 0.243 e. The van der Waals surface area contributed by atoms with E-state index in [0.29, 0.717) is 19.4 Å². The highest BCUT2D eigenvalue weighted by Crippen LogP contribution is 2.25. The molecule has 0 saturated carbocycles. The molecule has 158 valence electrons. The monoisotopic (exact) mass is 439 g/mol. The maximum atomic E-state index is 13.1. The zero-order valence-electron chi connectivity index (χ0n) is 16.5. The normalized spacial score (nSPS) is 17.4. The first kappa shape index (κ1) is 21.9. The van der Waals surface area contributed by atoms with Gasteiger partial charge in [0.1, 0.15) is 5.82 Å². The number of carbonyl (C=O) groups is 1. The first-order chi connectivity index (χ1) is 13.8. The maximum absolute atomic E-state index is 13.1. The summed E-state index contributed by atoms with van der Waals surface area (Å²) >= 11 is 1.66. The minimum absolute atomic E-state index is 0.0350. The molecule has 2 heterocycles. The molecule has 9 heteroatoms. The van der Waals surface area contributed by atoms with Crippen LogP contribution < -0.4 is 5.32 Å². The van der Waals surface area contributed by atoms with Crippen LogP contribution in [0.3, 0.4) is 0 Å². The molecule has 1 aliphatic heterocycles. The molecule has 0 aliphatic carbocycles. The summed E-state index contributed by atoms with van der Waals surface area (Å²) in [5.74, 6) is -0.717. The van der Waals surface area contributed by atoms with Crippen LogP contribution in [0.4, 0.5) is 4.39 Å². The van der Waals surface area contributed by atoms with Crippen molar-refractivity contribution in [3.05, 3.63) is 52.5 Å². The Balaban J connectivity index is 1.54. The van der Waals surface area contributed by atoms with Crippen molar-refractivity contribution in [2.24, 2.45) is 5.92 Å². The quantitative estimate of drug-likeness (QED) is 0.720. The molecule has 1 saturated heterocycles. The van der Waals surface area contributed by atoms with Crippen LogP contribution in [0.25, 0.3) is 0 Å². The second-order valence-corrected chi connectivity index (χ2v) is 10.3. The predicted octanol–water partition coefficient (Wildman–Crippen LogP) is 2.71. The second-order valence-electron chi connectivity index (χ2n) is 7.37. The molecular formula is C20H26FN3O3S2. The largest absolute Gasteiger partial charge is 0.354 e. The fraction of sp³-hybridized carbons (Fsp3) is 0.450. The van der Waals surface area contributed by atoms with Gasteiger partial charge in [-0.2, -0.15) is 4.31 Å². The van der Waals surface area contributed by atoms with Gasteiger partial charge in [-0.25, -0.2) is 12.8 Å². The molecule has 1 aliphatic rings. The summed E-state index contributed by atoms with van der Waals surface area (Å²) in [6.07, 6.45) is 0.940. The van der Waals surface area contributed by atoms with Crippen LogP contribution >= 0.6 is 11.3 Å². The van der Waals surface area contributed by atoms with E-state index in [9.17, 15) is 17.6 Å². The standard InChI is InChI=1S/C20H26FN3O3S2/c1-23(2)18(19-4-3-13-28-19)14-22-20(25)15-9-11-24(12-10-15)29(26,27)17-7-5-16(21)6-8-17/h3-8,13,15,18H,9-12,14H2,1-2H3,(H,22,25)/t18-/m0/s1. The van der Waals surface area contributed by atoms with Crippen molar-refractivity contribution >= 4 is 27.3 Å². The van der Waals surface area contributed by atoms with Crippen molar-refractivity contribution in [3.8, 4) is 0 Å². The number of nitrogens with zero attached hydrogens (tertiary/aromatic N) is 2. The average Bonchev–Trinajstić information content (AvgIpc) is 3.22. The van der Waals surface area contributed by atoms with Gasteiger partial charge >= 0.3 is 0 Å². The summed E-state index contributed by atoms with van der Waals surface area (Å²) in [5, 5.41) is 5.05. The third-order valence-electron chi connectivity index (χ3n) is 5.24. The average molecular weight is 440 g/mol. The number of likely N-dealkylation sites (N-methyl/N-ethyl adjacent to an activating group) is 1. The van der Waals surface area contributed by atoms with E-state index in [2.05, 4.69) is 16.3 Å². The molecule has 0 bridgehead atoms. The van der Waals surface area contributed by atoms with Gasteiger partial charge in [-0.05, 0) is 62.6 Å². The lowest BCUT2D eigenvalue weighted by Gasteiger charge is -2.31. The first-order valence-corrected chi connectivity index (χ1v) is 11.8. The Morgan fingerprint density at radius 1 is 1.24 bits per heavy atom. The highest BCUT2D eigenvalue weighted by Gasteiger charge is 2.32. The Hall–Kier alpha value is -1.81. The topological polar surface area (TPSA) is 69.7 Å². The van der Waals surface area contributed by atoms with Crippen molar-refractivity contribution in [2.45, 2.75) is 23.8 Å². The second kappa shape index (κ2) is 9.34. The Labute approximate surface area is 175 Å². The minimum Gasteiger partial charge on any atom is -0.354 e. The third-order valence-corrected chi connectivity index (χ3v) is 8.13. The van der Waals surface area contributed by atoms with Crippen molar-refractivity contribution in [3.63, 3.8) is 0 Å². The number of carbonyl (C=O) groups excluding carboxylic acids is 1. The number of sulfonamides is 1. The van der Waals surface area contributed by atoms with Crippen molar-refractivity contribution in [2.75, 3.05) is 33.7 Å². The van der Waals surface area contributed by atoms with Gasteiger partial charge in [0.25, 0.3) is 0 Å². The molecule has 3 rings (SSSR count). The van der Waals surface area contributed by atoms with Crippen molar-refractivity contribution in [1.29, 1.82) is 0 Å². The van der Waals surface area contributed by atoms with Crippen LogP contribution in [0.5, 0.6) is 0 Å². The lowest BCUT2D eigenvalue weighted by molar-refractivity contribution is -0.126. The molecule has 0 unspecified atom stereocenters. The lowest BCUT2D eigenvalue weighted by Crippen LogP contribution is -2.44. The van der Waals surface area contributed by atoms with Crippen LogP contribution in [-0.4, -0.2) is 57.3 Å². The van der Waals surface area contributed by atoms with E-state index < -0.39 is 15.8 Å². The van der Waals surface area contributed by atoms with Gasteiger partial charge < -0.3 is 10.2 Å². The number of hydrogen-bond acceptors (Lipinski definition) is 5. The number of rotatable bonds is 7. The van der Waals surface area contributed by atoms with Crippen molar-refractivity contribution < 1.29 is 17.6 Å². The SMILES string of the molecule is CN(C)[C@@H](CNC(=O)C1CCN(S(=O)(=O)c2ccc(F)cc2)CC1)c1cccs1. The Bertz CT molecular complexity index is 907. The van der Waals surface area contributed by atoms with E-state index >= 15 is 0 Å². The highest BCUT2D eigenvalue weighted by molar-refractivity contribution is 7.89. The Morgan fingerprint density at radius 3 is 2.45 bits per heavy atom. The van der Waals surface area contributed by atoms with E-state index in [0.717, 1.165) is 12.1 Å². The fourth-order valence-corrected chi connectivity index (χ4v) is 5.87. The van der Waals surface area contributed by atoms with E-state index in [1.54, 1.807) is 11.3 Å². The van der Waals surface area contributed by atoms with E-state index in [-0.39, 0.29) is 35.9 Å². The van der Waals surface area contributed by atoms with Crippen LogP contribution in [0.2, 0.25) is 0 Å². The summed E-state index contributed by atoms with van der Waals surface area (Å²) in [6, 6.07) is 8.99. The fourth-order valence-electron chi connectivity index (χ4n) is 3.47. The third kappa shape index (κ3) is 5.22. The number of piperidine rings is 1. The van der Waals surface area contributed by atoms with Gasteiger partial charge in [-0.1, -0.05) is 6.07 Å². The van der Waals surface area contributed by atoms with Gasteiger partial charge in [-0.3, -0.25) is 4.79 Å². The first-order valence-electron chi connectivity index (χ1n) is 9.52. The molecule has 1 aromatic heterocycles. The minimum atomic E-state index is -3.66. The van der Waals surface area contributed by atoms with Gasteiger partial charge in [0.15, 0.2) is 0 Å². The molecule has 1 aromatic carbocycles. The van der Waals surface area contributed by atoms with E-state index in [4.69, 9.17) is 0 Å². The number of thiophene rings is 1. The van der Waals surface area contributed by atoms with Gasteiger partial charge in [-0.15, -0.1) is 11.3 Å². The van der Waals surface area contributed by atoms with Crippen LogP contribution in [0, 0.1) is 11.7 Å². The Kier molecular flexibility index (Phi) is 7.05. The van der Waals surface area contributed by atoms with Gasteiger partial charge in [0, 0.05) is 30.4 Å². The predicted molar refractivity (Wildman–Crippen MR) is 112 cm³/mol. The van der Waals surface area contributed by atoms with Crippen LogP contribution in [-0.2, 0) is 14.8 Å². The summed E-state index contributed by atoms with van der Waals surface area (Å²) in [4.78, 5) is 16.0. The van der Waals surface area contributed by atoms with Crippen LogP contribution in [0.15, 0.2) is 46.7 Å². The number of halogens is 1. The molecule has 2 aromatic rings. The zero-order valence-corrected chi connectivity index (χ0v) is 18.2. The Morgan fingerprint density at radius 2 is 1.90 bits per heavy atom. The van der Waals surface area contributed by atoms with E-state index in [1.165, 1.54) is 21.3 Å². The van der Waals surface area contributed by atoms with E-state index in [1.807, 2.05) is 25.5 Å². The molecule has 1 amide bonds. The zero-order chi connectivity index (χ0) is 21.0. The molecule has 0 radical (unpaired) electrons. The molecular weight excluding hydrogens is 413 g/mol. The molecule has 0 spiro atoms. The number of benzene rings is 1. The van der Waals surface area contributed by atoms with Crippen LogP contribution in [0.1, 0.15) is 23.8 Å². The van der Waals surface area contributed by atoms with Gasteiger partial charge in [0.2, 0.25) is 15.9 Å². The lowest BCUT2D eigenvalue weighted by atomic mass is 9.97. The number of amides is 1. The molecule has 29 heavy (non-hydrogen) atoms. The van der Waals surface area contributed by atoms with Crippen molar-refractivity contribution in [1.82, 2.24) is 14.5 Å². The molecule has 1 atom stereocenters. The number of nitrogens with one attached hydrogen (secondary N) is 1. The summed E-state index contributed by atoms with van der Waals surface area (Å²) < 4.78 is 39.8. The van der Waals surface area contributed by atoms with Gasteiger partial charge in [0.05, 0.1) is 10.9 Å². The molecule has 1 fully saturated rings.